The average Bonchev–Trinajstić information content (AvgIpc) is 3.58. The lowest BCUT2D eigenvalue weighted by Gasteiger charge is -2.14. The van der Waals surface area contributed by atoms with Gasteiger partial charge in [0.05, 0.1) is 34.0 Å². The number of nitrogens with zero attached hydrogens (tertiary/aromatic N) is 2. The van der Waals surface area contributed by atoms with E-state index in [4.69, 9.17) is 55.6 Å². The zero-order valence-corrected chi connectivity index (χ0v) is 30.7. The van der Waals surface area contributed by atoms with Crippen LogP contribution in [0.1, 0.15) is 37.7 Å². The normalized spacial score (nSPS) is 11.1. The number of benzene rings is 3. The third-order valence-electron chi connectivity index (χ3n) is 8.07. The highest BCUT2D eigenvalue weighted by atomic mass is 35.5. The molecule has 6 aromatic rings. The van der Waals surface area contributed by atoms with E-state index < -0.39 is 35.6 Å². The molecule has 0 spiro atoms. The summed E-state index contributed by atoms with van der Waals surface area (Å²) < 4.78 is 11.9. The second-order valence-electron chi connectivity index (χ2n) is 11.7. The molecule has 12 nitrogen and oxygen atoms in total. The van der Waals surface area contributed by atoms with Crippen molar-refractivity contribution in [2.75, 3.05) is 25.5 Å². The van der Waals surface area contributed by atoms with Gasteiger partial charge in [0.2, 0.25) is 17.5 Å². The smallest absolute Gasteiger partial charge is 0.336 e. The third kappa shape index (κ3) is 7.53. The number of rotatable bonds is 11. The summed E-state index contributed by atoms with van der Waals surface area (Å²) in [4.78, 5) is 70.3. The molecule has 3 aromatic heterocycles. The number of carbonyl (C=O) groups excluding carboxylic acids is 4. The molecule has 16 heteroatoms. The van der Waals surface area contributed by atoms with Gasteiger partial charge in [0.25, 0.3) is 0 Å². The number of carbonyl (C=O) groups is 4. The van der Waals surface area contributed by atoms with Gasteiger partial charge in [-0.15, -0.1) is 0 Å². The minimum atomic E-state index is -0.908. The molecule has 1 amide bonds. The number of aromatic nitrogens is 2. The number of esters is 1. The predicted octanol–water partition coefficient (Wildman–Crippen LogP) is 7.02. The van der Waals surface area contributed by atoms with Crippen molar-refractivity contribution in [1.29, 1.82) is 0 Å². The Morgan fingerprint density at radius 1 is 0.906 bits per heavy atom. The molecule has 53 heavy (non-hydrogen) atoms. The first kappa shape index (κ1) is 37.2. The summed E-state index contributed by atoms with van der Waals surface area (Å²) in [5.74, 6) is -3.42. The van der Waals surface area contributed by atoms with Crippen molar-refractivity contribution in [3.63, 3.8) is 0 Å². The van der Waals surface area contributed by atoms with Crippen LogP contribution in [0, 0.1) is 0 Å². The van der Waals surface area contributed by atoms with E-state index in [9.17, 15) is 29.1 Å². The number of aromatic hydroxyl groups is 1. The molecule has 3 N–H and O–H groups in total. The van der Waals surface area contributed by atoms with Crippen molar-refractivity contribution >= 4 is 86.5 Å². The highest BCUT2D eigenvalue weighted by molar-refractivity contribution is 6.45. The summed E-state index contributed by atoms with van der Waals surface area (Å²) in [7, 11) is 3.67. The molecule has 0 radical (unpaired) electrons. The van der Waals surface area contributed by atoms with Crippen LogP contribution >= 0.6 is 46.4 Å². The van der Waals surface area contributed by atoms with E-state index in [2.05, 4.69) is 10.3 Å². The number of fused-ring (bicyclic) bond motifs is 1. The molecule has 0 aliphatic rings. The summed E-state index contributed by atoms with van der Waals surface area (Å²) in [5.41, 5.74) is 0.168. The second kappa shape index (κ2) is 15.2. The van der Waals surface area contributed by atoms with Crippen molar-refractivity contribution in [3.05, 3.63) is 138 Å². The molecule has 3 heterocycles. The van der Waals surface area contributed by atoms with E-state index in [0.29, 0.717) is 16.5 Å². The Balaban J connectivity index is 1.23. The van der Waals surface area contributed by atoms with Gasteiger partial charge in [0, 0.05) is 37.3 Å². The first-order valence-corrected chi connectivity index (χ1v) is 17.1. The highest BCUT2D eigenvalue weighted by Crippen LogP contribution is 2.40. The molecule has 3 aromatic carbocycles. The van der Waals surface area contributed by atoms with Crippen LogP contribution in [-0.4, -0.2) is 58.7 Å². The first-order chi connectivity index (χ1) is 25.2. The molecule has 0 aliphatic heterocycles. The summed E-state index contributed by atoms with van der Waals surface area (Å²) in [5, 5.41) is 12.8. The number of para-hydroxylation sites is 2. The van der Waals surface area contributed by atoms with Crippen molar-refractivity contribution in [2.24, 2.45) is 0 Å². The summed E-state index contributed by atoms with van der Waals surface area (Å²) >= 11 is 25.8. The Kier molecular flexibility index (Phi) is 10.7. The Morgan fingerprint density at radius 3 is 2.32 bits per heavy atom. The quantitative estimate of drug-likeness (QED) is 0.0541. The van der Waals surface area contributed by atoms with Crippen LogP contribution < -0.4 is 20.6 Å². The maximum Gasteiger partial charge on any atom is 0.336 e. The fourth-order valence-corrected chi connectivity index (χ4v) is 6.37. The lowest BCUT2D eigenvalue weighted by Crippen LogP contribution is -2.33. The van der Waals surface area contributed by atoms with Gasteiger partial charge in [0.15, 0.2) is 0 Å². The van der Waals surface area contributed by atoms with Gasteiger partial charge in [-0.1, -0.05) is 70.7 Å². The highest BCUT2D eigenvalue weighted by Gasteiger charge is 2.31. The minimum absolute atomic E-state index is 0.0799. The molecule has 0 atom stereocenters. The number of anilines is 1. The molecule has 0 fully saturated rings. The molecule has 0 saturated heterocycles. The predicted molar refractivity (Wildman–Crippen MR) is 201 cm³/mol. The van der Waals surface area contributed by atoms with Gasteiger partial charge in [-0.05, 0) is 48.0 Å². The topological polar surface area (TPSA) is 164 Å². The molecule has 0 saturated carbocycles. The van der Waals surface area contributed by atoms with Gasteiger partial charge < -0.3 is 29.5 Å². The van der Waals surface area contributed by atoms with Gasteiger partial charge in [-0.2, -0.15) is 0 Å². The number of amides is 1. The molecule has 0 unspecified atom stereocenters. The van der Waals surface area contributed by atoms with Crippen LogP contribution in [0.25, 0.3) is 16.7 Å². The summed E-state index contributed by atoms with van der Waals surface area (Å²) in [6, 6.07) is 19.3. The maximum atomic E-state index is 14.1. The lowest BCUT2D eigenvalue weighted by atomic mass is 10.1. The van der Waals surface area contributed by atoms with E-state index in [1.165, 1.54) is 54.6 Å². The molecule has 6 rings (SSSR count). The number of phenolic OH excluding ortho intramolecular Hbond substituents is 1. The molecule has 0 aliphatic carbocycles. The lowest BCUT2D eigenvalue weighted by molar-refractivity contribution is -0.135. The number of ether oxygens (including phenoxy) is 1. The largest absolute Gasteiger partial charge is 0.507 e. The fraction of sp³-hybridized carbons (Fsp3) is 0.108. The SMILES string of the molecule is CN(C)c1ccc2c(CC(=O)NCC(=O)Oc3ccccc3C(=O)c3cc(Cl)c(Cl)n3-c3c(C(=O)c4ccccc4O)[nH]c(Cl)c3Cl)cc(=O)oc2c1. The van der Waals surface area contributed by atoms with Crippen LogP contribution in [0.2, 0.25) is 20.4 Å². The van der Waals surface area contributed by atoms with Crippen LogP contribution in [0.5, 0.6) is 11.5 Å². The number of phenols is 1. The number of ketones is 2. The molecular formula is C37H26Cl4N4O8. The zero-order valence-electron chi connectivity index (χ0n) is 27.6. The van der Waals surface area contributed by atoms with Gasteiger partial charge >= 0.3 is 11.6 Å². The van der Waals surface area contributed by atoms with Crippen LogP contribution in [0.3, 0.4) is 0 Å². The van der Waals surface area contributed by atoms with E-state index in [1.54, 1.807) is 18.2 Å². The Bertz CT molecular complexity index is 2520. The minimum Gasteiger partial charge on any atom is -0.507 e. The van der Waals surface area contributed by atoms with Crippen molar-refractivity contribution in [1.82, 2.24) is 14.9 Å². The van der Waals surface area contributed by atoms with Crippen LogP contribution in [-0.2, 0) is 16.0 Å². The van der Waals surface area contributed by atoms with E-state index in [-0.39, 0.29) is 66.5 Å². The van der Waals surface area contributed by atoms with E-state index in [1.807, 2.05) is 25.1 Å². The van der Waals surface area contributed by atoms with Crippen molar-refractivity contribution in [3.8, 4) is 17.2 Å². The van der Waals surface area contributed by atoms with Gasteiger partial charge in [-0.25, -0.2) is 9.59 Å². The number of hydrogen-bond donors (Lipinski definition) is 3. The molecular weight excluding hydrogens is 770 g/mol. The Morgan fingerprint density at radius 2 is 1.60 bits per heavy atom. The zero-order chi connectivity index (χ0) is 38.1. The average molecular weight is 796 g/mol. The number of nitrogens with one attached hydrogen (secondary N) is 2. The van der Waals surface area contributed by atoms with E-state index >= 15 is 0 Å². The van der Waals surface area contributed by atoms with E-state index in [0.717, 1.165) is 10.3 Å². The fourth-order valence-electron chi connectivity index (χ4n) is 5.54. The van der Waals surface area contributed by atoms with Crippen molar-refractivity contribution in [2.45, 2.75) is 6.42 Å². The third-order valence-corrected chi connectivity index (χ3v) is 9.57. The second-order valence-corrected chi connectivity index (χ2v) is 13.3. The number of aromatic amines is 1. The van der Waals surface area contributed by atoms with Gasteiger partial charge in [0.1, 0.15) is 44.6 Å². The summed E-state index contributed by atoms with van der Waals surface area (Å²) in [6.45, 7) is -0.575. The van der Waals surface area contributed by atoms with Gasteiger partial charge in [-0.3, -0.25) is 19.0 Å². The standard InChI is InChI=1S/C37H26Cl4N4O8/c1-44(2)19-11-12-20-18(14-29(48)53-27(20)15-19)13-28(47)42-17-30(49)52-26-10-6-4-8-22(26)34(50)24-16-23(38)37(41)45(24)33-31(39)36(40)43-32(33)35(51)21-7-3-5-9-25(21)46/h3-12,14-16,43,46H,13,17H2,1-2H3,(H,42,47). The number of halogens is 4. The molecule has 0 bridgehead atoms. The van der Waals surface area contributed by atoms with Crippen LogP contribution in [0.4, 0.5) is 5.69 Å². The maximum absolute atomic E-state index is 14.1. The first-order valence-electron chi connectivity index (χ1n) is 15.6. The monoisotopic (exact) mass is 794 g/mol. The van der Waals surface area contributed by atoms with Crippen molar-refractivity contribution < 1.29 is 33.4 Å². The summed E-state index contributed by atoms with van der Waals surface area (Å²) in [6.07, 6.45) is -0.232. The number of H-pyrrole nitrogens is 1. The Hall–Kier alpha value is -5.53. The Labute approximate surface area is 320 Å². The molecule has 270 valence electrons. The number of hydrogen-bond acceptors (Lipinski definition) is 9. The van der Waals surface area contributed by atoms with Crippen LogP contribution in [0.15, 0.2) is 88.1 Å².